The van der Waals surface area contributed by atoms with Crippen LogP contribution in [0.3, 0.4) is 0 Å². The molecule has 0 fully saturated rings. The summed E-state index contributed by atoms with van der Waals surface area (Å²) < 4.78 is 0. The summed E-state index contributed by atoms with van der Waals surface area (Å²) in [6.07, 6.45) is 0. The van der Waals surface area contributed by atoms with Crippen LogP contribution in [-0.2, 0) is 0 Å². The summed E-state index contributed by atoms with van der Waals surface area (Å²) in [5, 5.41) is 5.05. The first-order chi connectivity index (χ1) is 9.08. The van der Waals surface area contributed by atoms with Crippen molar-refractivity contribution in [3.05, 3.63) is 58.1 Å². The molecule has 0 aliphatic heterocycles. The Bertz CT molecular complexity index is 822. The largest absolute Gasteiger partial charge is 0.294 e. The van der Waals surface area contributed by atoms with E-state index in [1.54, 1.807) is 6.92 Å². The first-order valence-corrected chi connectivity index (χ1v) is 6.65. The number of carbonyl (C=O) groups excluding carboxylic acids is 1. The van der Waals surface area contributed by atoms with E-state index >= 15 is 0 Å². The van der Waals surface area contributed by atoms with Crippen LogP contribution in [0.5, 0.6) is 0 Å². The minimum absolute atomic E-state index is 0.0602. The summed E-state index contributed by atoms with van der Waals surface area (Å²) in [5.74, 6) is 0.0602. The van der Waals surface area contributed by atoms with Crippen LogP contribution in [0.4, 0.5) is 0 Å². The van der Waals surface area contributed by atoms with E-state index in [-0.39, 0.29) is 5.78 Å². The van der Waals surface area contributed by atoms with E-state index in [1.807, 2.05) is 42.5 Å². The van der Waals surface area contributed by atoms with E-state index in [9.17, 15) is 4.79 Å². The standard InChI is InChI=1S/C16H10Cl2O/c1-9(19)11-3-2-4-12-13(11)6-5-10-7-15(17)16(18)8-14(10)12/h2-8H,1H3. The highest BCUT2D eigenvalue weighted by molar-refractivity contribution is 6.43. The number of benzene rings is 3. The van der Waals surface area contributed by atoms with Crippen LogP contribution in [0.15, 0.2) is 42.5 Å². The fourth-order valence-corrected chi connectivity index (χ4v) is 2.73. The average Bonchev–Trinajstić information content (AvgIpc) is 2.39. The van der Waals surface area contributed by atoms with E-state index < -0.39 is 0 Å². The second-order valence-corrected chi connectivity index (χ2v) is 5.32. The molecule has 0 unspecified atom stereocenters. The van der Waals surface area contributed by atoms with Crippen LogP contribution >= 0.6 is 23.2 Å². The maximum absolute atomic E-state index is 11.7. The Morgan fingerprint density at radius 2 is 1.63 bits per heavy atom. The zero-order valence-electron chi connectivity index (χ0n) is 10.2. The number of fused-ring (bicyclic) bond motifs is 3. The Morgan fingerprint density at radius 1 is 0.895 bits per heavy atom. The van der Waals surface area contributed by atoms with Crippen LogP contribution in [0, 0.1) is 0 Å². The highest BCUT2D eigenvalue weighted by Crippen LogP contribution is 2.33. The Morgan fingerprint density at radius 3 is 2.37 bits per heavy atom. The number of ketones is 1. The third kappa shape index (κ3) is 1.99. The molecule has 1 nitrogen and oxygen atoms in total. The zero-order valence-corrected chi connectivity index (χ0v) is 11.7. The first-order valence-electron chi connectivity index (χ1n) is 5.89. The maximum Gasteiger partial charge on any atom is 0.160 e. The summed E-state index contributed by atoms with van der Waals surface area (Å²) in [6.45, 7) is 1.58. The van der Waals surface area contributed by atoms with Gasteiger partial charge in [-0.15, -0.1) is 0 Å². The lowest BCUT2D eigenvalue weighted by molar-refractivity contribution is 0.101. The van der Waals surface area contributed by atoms with Gasteiger partial charge >= 0.3 is 0 Å². The predicted molar refractivity (Wildman–Crippen MR) is 81.5 cm³/mol. The molecule has 0 atom stereocenters. The predicted octanol–water partition coefficient (Wildman–Crippen LogP) is 5.50. The number of carbonyl (C=O) groups is 1. The Balaban J connectivity index is 2.50. The van der Waals surface area contributed by atoms with Crippen molar-refractivity contribution >= 4 is 50.5 Å². The van der Waals surface area contributed by atoms with Crippen molar-refractivity contribution in [1.82, 2.24) is 0 Å². The van der Waals surface area contributed by atoms with Gasteiger partial charge in [-0.2, -0.15) is 0 Å². The topological polar surface area (TPSA) is 17.1 Å². The van der Waals surface area contributed by atoms with Crippen LogP contribution in [0.25, 0.3) is 21.5 Å². The molecule has 0 aliphatic rings. The quantitative estimate of drug-likeness (QED) is 0.427. The smallest absolute Gasteiger partial charge is 0.160 e. The van der Waals surface area contributed by atoms with Crippen molar-refractivity contribution in [3.63, 3.8) is 0 Å². The number of Topliss-reactive ketones (excluding diaryl/α,β-unsaturated/α-hetero) is 1. The van der Waals surface area contributed by atoms with E-state index in [1.165, 1.54) is 0 Å². The van der Waals surface area contributed by atoms with Crippen LogP contribution in [-0.4, -0.2) is 5.78 Å². The summed E-state index contributed by atoms with van der Waals surface area (Å²) in [6, 6.07) is 13.3. The molecule has 3 aromatic carbocycles. The summed E-state index contributed by atoms with van der Waals surface area (Å²) in [4.78, 5) is 11.7. The third-order valence-electron chi connectivity index (χ3n) is 3.30. The molecule has 0 heterocycles. The van der Waals surface area contributed by atoms with E-state index in [2.05, 4.69) is 0 Å². The highest BCUT2D eigenvalue weighted by Gasteiger charge is 2.09. The van der Waals surface area contributed by atoms with Gasteiger partial charge < -0.3 is 0 Å². The summed E-state index contributed by atoms with van der Waals surface area (Å²) in [7, 11) is 0. The van der Waals surface area contributed by atoms with E-state index in [4.69, 9.17) is 23.2 Å². The molecule has 0 aromatic heterocycles. The number of hydrogen-bond donors (Lipinski definition) is 0. The molecule has 0 radical (unpaired) electrons. The molecular weight excluding hydrogens is 279 g/mol. The SMILES string of the molecule is CC(=O)c1cccc2c1ccc1cc(Cl)c(Cl)cc12. The summed E-state index contributed by atoms with van der Waals surface area (Å²) in [5.41, 5.74) is 0.727. The van der Waals surface area contributed by atoms with Gasteiger partial charge in [0.1, 0.15) is 0 Å². The molecule has 19 heavy (non-hydrogen) atoms. The number of hydrogen-bond acceptors (Lipinski definition) is 1. The minimum Gasteiger partial charge on any atom is -0.294 e. The average molecular weight is 289 g/mol. The molecule has 94 valence electrons. The molecule has 0 aliphatic carbocycles. The normalized spacial score (nSPS) is 11.1. The molecule has 0 spiro atoms. The highest BCUT2D eigenvalue weighted by atomic mass is 35.5. The Labute approximate surface area is 120 Å². The Kier molecular flexibility index (Phi) is 2.96. The van der Waals surface area contributed by atoms with Gasteiger partial charge in [-0.1, -0.05) is 53.5 Å². The molecule has 3 aromatic rings. The third-order valence-corrected chi connectivity index (χ3v) is 4.02. The summed E-state index contributed by atoms with van der Waals surface area (Å²) >= 11 is 12.1. The molecule has 0 N–H and O–H groups in total. The number of rotatable bonds is 1. The first kappa shape index (κ1) is 12.5. The second-order valence-electron chi connectivity index (χ2n) is 4.51. The van der Waals surface area contributed by atoms with E-state index in [0.717, 1.165) is 27.1 Å². The van der Waals surface area contributed by atoms with Crippen molar-refractivity contribution in [1.29, 1.82) is 0 Å². The lowest BCUT2D eigenvalue weighted by Crippen LogP contribution is -1.93. The van der Waals surface area contributed by atoms with Crippen molar-refractivity contribution in [2.75, 3.05) is 0 Å². The maximum atomic E-state index is 11.7. The van der Waals surface area contributed by atoms with Crippen molar-refractivity contribution in [2.24, 2.45) is 0 Å². The fraction of sp³-hybridized carbons (Fsp3) is 0.0625. The molecule has 0 saturated heterocycles. The Hall–Kier alpha value is -1.57. The van der Waals surface area contributed by atoms with Gasteiger partial charge in [0.05, 0.1) is 10.0 Å². The number of halogens is 2. The zero-order chi connectivity index (χ0) is 13.6. The van der Waals surface area contributed by atoms with Gasteiger partial charge in [-0.25, -0.2) is 0 Å². The van der Waals surface area contributed by atoms with Gasteiger partial charge in [0.25, 0.3) is 0 Å². The van der Waals surface area contributed by atoms with Gasteiger partial charge in [0.2, 0.25) is 0 Å². The van der Waals surface area contributed by atoms with Gasteiger partial charge in [0.15, 0.2) is 5.78 Å². The second kappa shape index (κ2) is 4.52. The lowest BCUT2D eigenvalue weighted by Gasteiger charge is -2.08. The van der Waals surface area contributed by atoms with E-state index in [0.29, 0.717) is 10.0 Å². The van der Waals surface area contributed by atoms with Crippen LogP contribution in [0.1, 0.15) is 17.3 Å². The lowest BCUT2D eigenvalue weighted by atomic mass is 9.97. The minimum atomic E-state index is 0.0602. The monoisotopic (exact) mass is 288 g/mol. The van der Waals surface area contributed by atoms with Crippen molar-refractivity contribution < 1.29 is 4.79 Å². The van der Waals surface area contributed by atoms with Gasteiger partial charge in [-0.3, -0.25) is 4.79 Å². The molecule has 3 rings (SSSR count). The van der Waals surface area contributed by atoms with Gasteiger partial charge in [0, 0.05) is 5.56 Å². The van der Waals surface area contributed by atoms with Gasteiger partial charge in [-0.05, 0) is 40.6 Å². The molecular formula is C16H10Cl2O. The molecule has 0 amide bonds. The van der Waals surface area contributed by atoms with Crippen LogP contribution in [0.2, 0.25) is 10.0 Å². The molecule has 0 saturated carbocycles. The van der Waals surface area contributed by atoms with Crippen molar-refractivity contribution in [3.8, 4) is 0 Å². The molecule has 0 bridgehead atoms. The van der Waals surface area contributed by atoms with Crippen molar-refractivity contribution in [2.45, 2.75) is 6.92 Å². The fourth-order valence-electron chi connectivity index (χ4n) is 2.39. The molecule has 3 heteroatoms. The van der Waals surface area contributed by atoms with Crippen LogP contribution < -0.4 is 0 Å².